The van der Waals surface area contributed by atoms with E-state index in [9.17, 15) is 4.79 Å². The molecule has 0 saturated carbocycles. The Hall–Kier alpha value is -1.73. The smallest absolute Gasteiger partial charge is 0.258 e. The van der Waals surface area contributed by atoms with Gasteiger partial charge in [-0.05, 0) is 28.4 Å². The molecule has 8 heteroatoms. The number of hydrogen-bond donors (Lipinski definition) is 2. The molecule has 2 rings (SSSR count). The molecule has 0 aliphatic rings. The van der Waals surface area contributed by atoms with Gasteiger partial charge in [0.1, 0.15) is 10.4 Å². The second-order valence-electron chi connectivity index (χ2n) is 4.15. The molecule has 6 nitrogen and oxygen atoms in total. The molecule has 0 aromatic carbocycles. The number of halogens is 2. The molecule has 0 radical (unpaired) electrons. The van der Waals surface area contributed by atoms with Gasteiger partial charge >= 0.3 is 0 Å². The molecule has 0 aliphatic heterocycles. The van der Waals surface area contributed by atoms with Crippen LogP contribution in [0.25, 0.3) is 0 Å². The van der Waals surface area contributed by atoms with Crippen LogP contribution >= 0.6 is 27.5 Å². The van der Waals surface area contributed by atoms with Crippen molar-refractivity contribution >= 4 is 45.1 Å². The second kappa shape index (κ2) is 7.33. The van der Waals surface area contributed by atoms with Crippen molar-refractivity contribution in [2.24, 2.45) is 0 Å². The summed E-state index contributed by atoms with van der Waals surface area (Å²) in [4.78, 5) is 24.4. The SMILES string of the molecule is CCCNc1cc(C(=O)Nc2cnc(Br)cn2)c(Cl)cn1. The molecule has 1 amide bonds. The van der Waals surface area contributed by atoms with Crippen LogP contribution in [-0.2, 0) is 0 Å². The molecule has 0 fully saturated rings. The van der Waals surface area contributed by atoms with Crippen molar-refractivity contribution in [2.75, 3.05) is 17.2 Å². The van der Waals surface area contributed by atoms with E-state index >= 15 is 0 Å². The molecule has 2 aromatic rings. The fourth-order valence-corrected chi connectivity index (χ4v) is 1.92. The molecular formula is C13H13BrClN5O. The first kappa shape index (κ1) is 15.7. The van der Waals surface area contributed by atoms with Gasteiger partial charge in [-0.3, -0.25) is 4.79 Å². The number of amides is 1. The van der Waals surface area contributed by atoms with Gasteiger partial charge in [-0.1, -0.05) is 18.5 Å². The standard InChI is InChI=1S/C13H13BrClN5O/c1-2-3-16-11-4-8(9(15)5-18-11)13(21)20-12-7-17-10(14)6-19-12/h4-7H,2-3H2,1H3,(H,16,18)(H,19,20,21). The zero-order valence-corrected chi connectivity index (χ0v) is 13.6. The zero-order chi connectivity index (χ0) is 15.2. The molecule has 21 heavy (non-hydrogen) atoms. The van der Waals surface area contributed by atoms with Crippen LogP contribution in [-0.4, -0.2) is 27.4 Å². The minimum absolute atomic E-state index is 0.277. The first-order valence-electron chi connectivity index (χ1n) is 6.28. The lowest BCUT2D eigenvalue weighted by Gasteiger charge is -2.08. The number of rotatable bonds is 5. The Labute approximate surface area is 135 Å². The summed E-state index contributed by atoms with van der Waals surface area (Å²) >= 11 is 9.20. The number of aromatic nitrogens is 3. The lowest BCUT2D eigenvalue weighted by molar-refractivity contribution is 0.102. The van der Waals surface area contributed by atoms with Crippen LogP contribution in [0, 0.1) is 0 Å². The quantitative estimate of drug-likeness (QED) is 0.843. The Kier molecular flexibility index (Phi) is 5.46. The van der Waals surface area contributed by atoms with Crippen molar-refractivity contribution in [1.82, 2.24) is 15.0 Å². The maximum atomic E-state index is 12.2. The Morgan fingerprint density at radius 2 is 2.00 bits per heavy atom. The fourth-order valence-electron chi connectivity index (χ4n) is 1.52. The average molecular weight is 371 g/mol. The van der Waals surface area contributed by atoms with E-state index in [0.717, 1.165) is 13.0 Å². The van der Waals surface area contributed by atoms with Crippen LogP contribution in [0.5, 0.6) is 0 Å². The van der Waals surface area contributed by atoms with Crippen LogP contribution < -0.4 is 10.6 Å². The molecule has 0 spiro atoms. The highest BCUT2D eigenvalue weighted by atomic mass is 79.9. The molecule has 110 valence electrons. The van der Waals surface area contributed by atoms with E-state index in [1.165, 1.54) is 18.6 Å². The third-order valence-electron chi connectivity index (χ3n) is 2.52. The number of pyridine rings is 1. The highest BCUT2D eigenvalue weighted by Crippen LogP contribution is 2.19. The lowest BCUT2D eigenvalue weighted by Crippen LogP contribution is -2.14. The molecule has 2 heterocycles. The number of carbonyl (C=O) groups excluding carboxylic acids is 1. The lowest BCUT2D eigenvalue weighted by atomic mass is 10.2. The first-order valence-corrected chi connectivity index (χ1v) is 7.45. The summed E-state index contributed by atoms with van der Waals surface area (Å²) in [7, 11) is 0. The van der Waals surface area contributed by atoms with Crippen molar-refractivity contribution in [3.8, 4) is 0 Å². The van der Waals surface area contributed by atoms with E-state index < -0.39 is 0 Å². The van der Waals surface area contributed by atoms with E-state index in [0.29, 0.717) is 21.8 Å². The summed E-state index contributed by atoms with van der Waals surface area (Å²) in [6, 6.07) is 1.61. The van der Waals surface area contributed by atoms with Crippen molar-refractivity contribution in [1.29, 1.82) is 0 Å². The summed E-state index contributed by atoms with van der Waals surface area (Å²) in [5.74, 6) is 0.589. The molecule has 2 aromatic heterocycles. The van der Waals surface area contributed by atoms with E-state index in [2.05, 4.69) is 41.5 Å². The van der Waals surface area contributed by atoms with Gasteiger partial charge < -0.3 is 10.6 Å². The minimum Gasteiger partial charge on any atom is -0.370 e. The Morgan fingerprint density at radius 1 is 1.24 bits per heavy atom. The van der Waals surface area contributed by atoms with Crippen LogP contribution in [0.3, 0.4) is 0 Å². The van der Waals surface area contributed by atoms with E-state index in [-0.39, 0.29) is 10.9 Å². The summed E-state index contributed by atoms with van der Waals surface area (Å²) in [6.07, 6.45) is 5.35. The number of anilines is 2. The summed E-state index contributed by atoms with van der Waals surface area (Å²) < 4.78 is 0.591. The maximum absolute atomic E-state index is 12.2. The molecule has 0 saturated heterocycles. The van der Waals surface area contributed by atoms with Gasteiger partial charge in [0.25, 0.3) is 5.91 Å². The highest BCUT2D eigenvalue weighted by molar-refractivity contribution is 9.10. The average Bonchev–Trinajstić information content (AvgIpc) is 2.48. The number of hydrogen-bond acceptors (Lipinski definition) is 5. The topological polar surface area (TPSA) is 79.8 Å². The van der Waals surface area contributed by atoms with Gasteiger partial charge in [0.05, 0.1) is 23.0 Å². The zero-order valence-electron chi connectivity index (χ0n) is 11.2. The van der Waals surface area contributed by atoms with Crippen molar-refractivity contribution < 1.29 is 4.79 Å². The highest BCUT2D eigenvalue weighted by Gasteiger charge is 2.13. The Balaban J connectivity index is 2.15. The van der Waals surface area contributed by atoms with Gasteiger partial charge in [0.15, 0.2) is 5.82 Å². The minimum atomic E-state index is -0.362. The fraction of sp³-hybridized carbons (Fsp3) is 0.231. The van der Waals surface area contributed by atoms with Gasteiger partial charge in [-0.25, -0.2) is 15.0 Å². The van der Waals surface area contributed by atoms with Crippen LogP contribution in [0.2, 0.25) is 5.02 Å². The van der Waals surface area contributed by atoms with Crippen LogP contribution in [0.1, 0.15) is 23.7 Å². The van der Waals surface area contributed by atoms with Crippen molar-refractivity contribution in [3.63, 3.8) is 0 Å². The normalized spacial score (nSPS) is 10.2. The van der Waals surface area contributed by atoms with Gasteiger partial charge in [-0.2, -0.15) is 0 Å². The molecule has 0 bridgehead atoms. The molecule has 0 atom stereocenters. The molecule has 0 aliphatic carbocycles. The van der Waals surface area contributed by atoms with Crippen molar-refractivity contribution in [2.45, 2.75) is 13.3 Å². The summed E-state index contributed by atoms with van der Waals surface area (Å²) in [5.41, 5.74) is 0.329. The van der Waals surface area contributed by atoms with Crippen LogP contribution in [0.4, 0.5) is 11.6 Å². The number of nitrogens with one attached hydrogen (secondary N) is 2. The van der Waals surface area contributed by atoms with Gasteiger partial charge in [0.2, 0.25) is 0 Å². The van der Waals surface area contributed by atoms with E-state index in [4.69, 9.17) is 11.6 Å². The monoisotopic (exact) mass is 369 g/mol. The predicted octanol–water partition coefficient (Wildman–Crippen LogP) is 3.36. The predicted molar refractivity (Wildman–Crippen MR) is 85.7 cm³/mol. The number of nitrogens with zero attached hydrogens (tertiary/aromatic N) is 3. The largest absolute Gasteiger partial charge is 0.370 e. The second-order valence-corrected chi connectivity index (χ2v) is 5.37. The third kappa shape index (κ3) is 4.37. The van der Waals surface area contributed by atoms with E-state index in [1.807, 2.05) is 6.92 Å². The molecule has 2 N–H and O–H groups in total. The third-order valence-corrected chi connectivity index (χ3v) is 3.23. The Morgan fingerprint density at radius 3 is 2.67 bits per heavy atom. The molecular weight excluding hydrogens is 358 g/mol. The number of carbonyl (C=O) groups is 1. The van der Waals surface area contributed by atoms with E-state index in [1.54, 1.807) is 6.07 Å². The van der Waals surface area contributed by atoms with Crippen LogP contribution in [0.15, 0.2) is 29.3 Å². The van der Waals surface area contributed by atoms with Gasteiger partial charge in [0, 0.05) is 12.7 Å². The summed E-state index contributed by atoms with van der Waals surface area (Å²) in [6.45, 7) is 2.82. The summed E-state index contributed by atoms with van der Waals surface area (Å²) in [5, 5.41) is 6.02. The van der Waals surface area contributed by atoms with Gasteiger partial charge in [-0.15, -0.1) is 0 Å². The Bertz CT molecular complexity index is 635. The first-order chi connectivity index (χ1) is 10.1. The van der Waals surface area contributed by atoms with Crippen molar-refractivity contribution in [3.05, 3.63) is 39.8 Å². The maximum Gasteiger partial charge on any atom is 0.258 e. The molecule has 0 unspecified atom stereocenters.